The first kappa shape index (κ1) is 29.0. The summed E-state index contributed by atoms with van der Waals surface area (Å²) in [5, 5.41) is 0. The predicted octanol–water partition coefficient (Wildman–Crippen LogP) is 10.6. The highest BCUT2D eigenvalue weighted by atomic mass is 14.4. The second-order valence-corrected chi connectivity index (χ2v) is 9.57. The number of hydrogen-bond acceptors (Lipinski definition) is 0. The van der Waals surface area contributed by atoms with Crippen LogP contribution in [0.3, 0.4) is 0 Å². The molecule has 30 heavy (non-hydrogen) atoms. The molecule has 0 spiro atoms. The van der Waals surface area contributed by atoms with Crippen LogP contribution < -0.4 is 0 Å². The molecule has 174 valence electrons. The third-order valence-corrected chi connectivity index (χ3v) is 7.28. The molecule has 2 rings (SSSR count). The van der Waals surface area contributed by atoms with Crippen molar-refractivity contribution in [3.63, 3.8) is 0 Å². The molecule has 0 nitrogen and oxygen atoms in total. The SMILES string of the molecule is C=CC.CC.CCCCCC(C)(CCCC)C1CCCC(C)(CC)c2ccccc21. The smallest absolute Gasteiger partial charge is 0.00750 e. The Bertz CT molecular complexity index is 557. The Labute approximate surface area is 191 Å². The summed E-state index contributed by atoms with van der Waals surface area (Å²) in [7, 11) is 0. The summed E-state index contributed by atoms with van der Waals surface area (Å²) in [6.45, 7) is 21.4. The number of hydrogen-bond donors (Lipinski definition) is 0. The standard InChI is InChI=1S/C25H42.C3H6.C2H6/c1-6-9-13-19-25(5,18-10-7-2)23-17-14-20-24(4,8-3)22-16-12-11-15-21(22)23;1-3-2;1-2/h11-12,15-16,23H,6-10,13-14,17-20H2,1-5H3;3H,1H2,2H3;1-2H3. The van der Waals surface area contributed by atoms with Crippen LogP contribution in [0.1, 0.15) is 143 Å². The fraction of sp³-hybridized carbons (Fsp3) is 0.733. The maximum Gasteiger partial charge on any atom is -0.00750 e. The van der Waals surface area contributed by atoms with Crippen molar-refractivity contribution in [2.75, 3.05) is 0 Å². The van der Waals surface area contributed by atoms with Crippen molar-refractivity contribution in [2.24, 2.45) is 5.41 Å². The lowest BCUT2D eigenvalue weighted by Gasteiger charge is -2.40. The number of rotatable bonds is 9. The topological polar surface area (TPSA) is 0 Å². The first-order valence-electron chi connectivity index (χ1n) is 13.1. The van der Waals surface area contributed by atoms with Gasteiger partial charge in [-0.05, 0) is 66.9 Å². The third kappa shape index (κ3) is 8.24. The Morgan fingerprint density at radius 1 is 1.03 bits per heavy atom. The van der Waals surface area contributed by atoms with Crippen LogP contribution in [0.2, 0.25) is 0 Å². The van der Waals surface area contributed by atoms with Crippen molar-refractivity contribution >= 4 is 0 Å². The molecule has 1 aromatic rings. The van der Waals surface area contributed by atoms with Gasteiger partial charge in [-0.1, -0.05) is 117 Å². The second-order valence-electron chi connectivity index (χ2n) is 9.57. The average Bonchev–Trinajstić information content (AvgIpc) is 2.92. The van der Waals surface area contributed by atoms with Gasteiger partial charge in [0.2, 0.25) is 0 Å². The predicted molar refractivity (Wildman–Crippen MR) is 140 cm³/mol. The first-order chi connectivity index (χ1) is 14.4. The average molecular weight is 415 g/mol. The van der Waals surface area contributed by atoms with Crippen molar-refractivity contribution in [2.45, 2.75) is 137 Å². The molecule has 0 radical (unpaired) electrons. The lowest BCUT2D eigenvalue weighted by Crippen LogP contribution is -2.28. The highest BCUT2D eigenvalue weighted by Gasteiger charge is 2.40. The molecule has 0 amide bonds. The Kier molecular flexibility index (Phi) is 15.2. The molecule has 0 heteroatoms. The molecule has 1 aromatic carbocycles. The molecular weight excluding hydrogens is 360 g/mol. The number of unbranched alkanes of at least 4 members (excludes halogenated alkanes) is 3. The molecule has 0 fully saturated rings. The second kappa shape index (κ2) is 15.7. The van der Waals surface area contributed by atoms with Gasteiger partial charge in [-0.25, -0.2) is 0 Å². The molecule has 3 atom stereocenters. The lowest BCUT2D eigenvalue weighted by atomic mass is 9.65. The van der Waals surface area contributed by atoms with Crippen LogP contribution in [0.15, 0.2) is 36.9 Å². The van der Waals surface area contributed by atoms with Gasteiger partial charge in [-0.2, -0.15) is 0 Å². The van der Waals surface area contributed by atoms with Crippen LogP contribution in [-0.2, 0) is 5.41 Å². The van der Waals surface area contributed by atoms with E-state index in [0.29, 0.717) is 10.8 Å². The zero-order valence-corrected chi connectivity index (χ0v) is 21.9. The maximum atomic E-state index is 3.36. The van der Waals surface area contributed by atoms with Crippen LogP contribution in [0, 0.1) is 5.41 Å². The van der Waals surface area contributed by atoms with Gasteiger partial charge < -0.3 is 0 Å². The van der Waals surface area contributed by atoms with Crippen LogP contribution in [0.5, 0.6) is 0 Å². The summed E-state index contributed by atoms with van der Waals surface area (Å²) >= 11 is 0. The van der Waals surface area contributed by atoms with Gasteiger partial charge in [-0.15, -0.1) is 6.58 Å². The minimum atomic E-state index is 0.375. The molecule has 1 aliphatic carbocycles. The van der Waals surface area contributed by atoms with E-state index in [2.05, 4.69) is 65.5 Å². The normalized spacial score (nSPS) is 22.2. The summed E-state index contributed by atoms with van der Waals surface area (Å²) in [6.07, 6.45) is 16.8. The quantitative estimate of drug-likeness (QED) is 0.214. The Morgan fingerprint density at radius 3 is 2.17 bits per heavy atom. The van der Waals surface area contributed by atoms with Gasteiger partial charge in [0.25, 0.3) is 0 Å². The van der Waals surface area contributed by atoms with E-state index in [9.17, 15) is 0 Å². The van der Waals surface area contributed by atoms with Crippen LogP contribution in [-0.4, -0.2) is 0 Å². The fourth-order valence-corrected chi connectivity index (χ4v) is 5.26. The van der Waals surface area contributed by atoms with Crippen molar-refractivity contribution in [3.8, 4) is 0 Å². The van der Waals surface area contributed by atoms with Crippen LogP contribution in [0.4, 0.5) is 0 Å². The van der Waals surface area contributed by atoms with Gasteiger partial charge in [-0.3, -0.25) is 0 Å². The Morgan fingerprint density at radius 2 is 1.60 bits per heavy atom. The zero-order valence-electron chi connectivity index (χ0n) is 21.9. The minimum Gasteiger partial charge on any atom is -0.103 e. The van der Waals surface area contributed by atoms with Crippen molar-refractivity contribution in [1.82, 2.24) is 0 Å². The molecule has 0 saturated heterocycles. The van der Waals surface area contributed by atoms with Gasteiger partial charge in [0.05, 0.1) is 0 Å². The maximum absolute atomic E-state index is 3.36. The van der Waals surface area contributed by atoms with E-state index in [-0.39, 0.29) is 0 Å². The third-order valence-electron chi connectivity index (χ3n) is 7.28. The summed E-state index contributed by atoms with van der Waals surface area (Å²) in [6, 6.07) is 9.49. The largest absolute Gasteiger partial charge is 0.103 e. The van der Waals surface area contributed by atoms with Crippen LogP contribution in [0.25, 0.3) is 0 Å². The lowest BCUT2D eigenvalue weighted by molar-refractivity contribution is 0.188. The molecule has 0 heterocycles. The van der Waals surface area contributed by atoms with E-state index in [1.165, 1.54) is 70.6 Å². The van der Waals surface area contributed by atoms with Gasteiger partial charge in [0.15, 0.2) is 0 Å². The summed E-state index contributed by atoms with van der Waals surface area (Å²) < 4.78 is 0. The summed E-state index contributed by atoms with van der Waals surface area (Å²) in [5.74, 6) is 0.750. The molecule has 0 N–H and O–H groups in total. The zero-order chi connectivity index (χ0) is 23.0. The van der Waals surface area contributed by atoms with E-state index in [1.54, 1.807) is 17.2 Å². The molecule has 0 aromatic heterocycles. The van der Waals surface area contributed by atoms with E-state index in [4.69, 9.17) is 0 Å². The number of fused-ring (bicyclic) bond motifs is 1. The minimum absolute atomic E-state index is 0.375. The molecule has 3 unspecified atom stereocenters. The van der Waals surface area contributed by atoms with E-state index >= 15 is 0 Å². The van der Waals surface area contributed by atoms with Crippen molar-refractivity contribution in [1.29, 1.82) is 0 Å². The molecular formula is C30H54. The van der Waals surface area contributed by atoms with E-state index in [0.717, 1.165) is 5.92 Å². The summed E-state index contributed by atoms with van der Waals surface area (Å²) in [4.78, 5) is 0. The Balaban J connectivity index is 0.00000154. The molecule has 0 aliphatic heterocycles. The van der Waals surface area contributed by atoms with Gasteiger partial charge >= 0.3 is 0 Å². The van der Waals surface area contributed by atoms with Gasteiger partial charge in [0, 0.05) is 0 Å². The van der Waals surface area contributed by atoms with E-state index < -0.39 is 0 Å². The molecule has 0 bridgehead atoms. The monoisotopic (exact) mass is 414 g/mol. The Hall–Kier alpha value is -1.04. The van der Waals surface area contributed by atoms with Crippen molar-refractivity contribution in [3.05, 3.63) is 48.0 Å². The van der Waals surface area contributed by atoms with Crippen molar-refractivity contribution < 1.29 is 0 Å². The van der Waals surface area contributed by atoms with E-state index in [1.807, 2.05) is 20.8 Å². The summed E-state index contributed by atoms with van der Waals surface area (Å²) in [5.41, 5.74) is 4.21. The molecule has 1 aliphatic rings. The fourth-order valence-electron chi connectivity index (χ4n) is 5.26. The molecule has 0 saturated carbocycles. The highest BCUT2D eigenvalue weighted by molar-refractivity contribution is 5.38. The van der Waals surface area contributed by atoms with Crippen LogP contribution >= 0.6 is 0 Å². The number of allylic oxidation sites excluding steroid dienone is 1. The highest BCUT2D eigenvalue weighted by Crippen LogP contribution is 2.52. The van der Waals surface area contributed by atoms with Gasteiger partial charge in [0.1, 0.15) is 0 Å². The number of benzene rings is 1. The first-order valence-corrected chi connectivity index (χ1v) is 13.1.